The first kappa shape index (κ1) is 9.81. The van der Waals surface area contributed by atoms with Crippen molar-refractivity contribution in [3.8, 4) is 0 Å². The Bertz CT molecular complexity index is 384. The molecule has 2 heterocycles. The second-order valence-corrected chi connectivity index (χ2v) is 5.31. The summed E-state index contributed by atoms with van der Waals surface area (Å²) in [7, 11) is 1.84. The van der Waals surface area contributed by atoms with Gasteiger partial charge in [-0.1, -0.05) is 23.1 Å². The van der Waals surface area contributed by atoms with Gasteiger partial charge in [0.1, 0.15) is 11.3 Å². The number of aromatic nitrogens is 4. The molecule has 2 aromatic heterocycles. The predicted octanol–water partition coefficient (Wildman–Crippen LogP) is 1.72. The van der Waals surface area contributed by atoms with Crippen molar-refractivity contribution in [3.63, 3.8) is 0 Å². The molecule has 0 bridgehead atoms. The molecule has 8 heteroatoms. The quantitative estimate of drug-likeness (QED) is 0.828. The van der Waals surface area contributed by atoms with Crippen LogP contribution in [0, 0.1) is 0 Å². The molecule has 2 aromatic rings. The molecule has 5 nitrogen and oxygen atoms in total. The van der Waals surface area contributed by atoms with E-state index in [1.54, 1.807) is 29.4 Å². The Morgan fingerprint density at radius 1 is 1.50 bits per heavy atom. The number of nitrogens with zero attached hydrogens (tertiary/aromatic N) is 4. The molecule has 0 atom stereocenters. The topological polar surface area (TPSA) is 63.6 Å². The van der Waals surface area contributed by atoms with Crippen LogP contribution >= 0.6 is 34.6 Å². The second kappa shape index (κ2) is 4.67. The summed E-state index contributed by atoms with van der Waals surface area (Å²) in [6.07, 6.45) is 1.56. The summed E-state index contributed by atoms with van der Waals surface area (Å²) in [5.41, 5.74) is 0. The van der Waals surface area contributed by atoms with Crippen LogP contribution in [-0.2, 0) is 5.75 Å². The van der Waals surface area contributed by atoms with Crippen LogP contribution in [0.15, 0.2) is 10.7 Å². The van der Waals surface area contributed by atoms with Gasteiger partial charge in [-0.2, -0.15) is 4.37 Å². The molecule has 2 rings (SSSR count). The Labute approximate surface area is 93.2 Å². The van der Waals surface area contributed by atoms with Crippen LogP contribution in [0.4, 0.5) is 5.13 Å². The highest BCUT2D eigenvalue weighted by atomic mass is 32.2. The SMILES string of the molecule is CNc1nnc(CSc2ncns2)s1. The summed E-state index contributed by atoms with van der Waals surface area (Å²) in [5.74, 6) is 0.800. The van der Waals surface area contributed by atoms with Crippen molar-refractivity contribution in [1.82, 2.24) is 19.6 Å². The highest BCUT2D eigenvalue weighted by Gasteiger charge is 2.04. The first-order valence-corrected chi connectivity index (χ1v) is 6.35. The molecule has 0 amide bonds. The lowest BCUT2D eigenvalue weighted by atomic mass is 10.9. The molecular weight excluding hydrogens is 238 g/mol. The second-order valence-electron chi connectivity index (χ2n) is 2.25. The number of anilines is 1. The molecule has 0 saturated heterocycles. The minimum absolute atomic E-state index is 0.800. The summed E-state index contributed by atoms with van der Waals surface area (Å²) in [5, 5.41) is 12.8. The molecule has 0 fully saturated rings. The lowest BCUT2D eigenvalue weighted by molar-refractivity contribution is 1.04. The van der Waals surface area contributed by atoms with Crippen LogP contribution < -0.4 is 5.32 Å². The minimum atomic E-state index is 0.800. The summed E-state index contributed by atoms with van der Waals surface area (Å²) in [6.45, 7) is 0. The molecular formula is C6H7N5S3. The lowest BCUT2D eigenvalue weighted by Gasteiger charge is -1.89. The molecule has 74 valence electrons. The van der Waals surface area contributed by atoms with E-state index in [9.17, 15) is 0 Å². The number of nitrogens with one attached hydrogen (secondary N) is 1. The summed E-state index contributed by atoms with van der Waals surface area (Å²) >= 11 is 4.58. The van der Waals surface area contributed by atoms with Crippen molar-refractivity contribution in [1.29, 1.82) is 0 Å². The van der Waals surface area contributed by atoms with Gasteiger partial charge in [0.15, 0.2) is 4.34 Å². The van der Waals surface area contributed by atoms with Gasteiger partial charge in [-0.15, -0.1) is 10.2 Å². The molecule has 0 unspecified atom stereocenters. The van der Waals surface area contributed by atoms with Gasteiger partial charge >= 0.3 is 0 Å². The van der Waals surface area contributed by atoms with E-state index in [1.807, 2.05) is 7.05 Å². The Morgan fingerprint density at radius 2 is 2.43 bits per heavy atom. The van der Waals surface area contributed by atoms with Crippen LogP contribution in [0.2, 0.25) is 0 Å². The van der Waals surface area contributed by atoms with E-state index in [4.69, 9.17) is 0 Å². The fourth-order valence-corrected chi connectivity index (χ4v) is 2.89. The highest BCUT2D eigenvalue weighted by molar-refractivity contribution is 8.00. The van der Waals surface area contributed by atoms with Gasteiger partial charge in [0.25, 0.3) is 0 Å². The Hall–Kier alpha value is -0.730. The molecule has 0 saturated carbocycles. The molecule has 1 N–H and O–H groups in total. The Kier molecular flexibility index (Phi) is 3.27. The maximum absolute atomic E-state index is 4.07. The predicted molar refractivity (Wildman–Crippen MR) is 58.9 cm³/mol. The fourth-order valence-electron chi connectivity index (χ4n) is 0.763. The van der Waals surface area contributed by atoms with E-state index < -0.39 is 0 Å². The van der Waals surface area contributed by atoms with E-state index in [2.05, 4.69) is 24.9 Å². The molecule has 0 aliphatic heterocycles. The van der Waals surface area contributed by atoms with Crippen molar-refractivity contribution in [3.05, 3.63) is 11.3 Å². The zero-order chi connectivity index (χ0) is 9.80. The van der Waals surface area contributed by atoms with Gasteiger partial charge in [0.2, 0.25) is 5.13 Å². The summed E-state index contributed by atoms with van der Waals surface area (Å²) < 4.78 is 4.88. The van der Waals surface area contributed by atoms with Gasteiger partial charge < -0.3 is 5.32 Å². The van der Waals surface area contributed by atoms with E-state index >= 15 is 0 Å². The van der Waals surface area contributed by atoms with Crippen molar-refractivity contribution in [2.24, 2.45) is 0 Å². The van der Waals surface area contributed by atoms with E-state index in [0.29, 0.717) is 0 Å². The molecule has 0 aliphatic rings. The van der Waals surface area contributed by atoms with Gasteiger partial charge in [-0.25, -0.2) is 4.98 Å². The third kappa shape index (κ3) is 2.40. The largest absolute Gasteiger partial charge is 0.363 e. The van der Waals surface area contributed by atoms with Gasteiger partial charge in [0.05, 0.1) is 5.75 Å². The van der Waals surface area contributed by atoms with E-state index in [1.165, 1.54) is 11.5 Å². The number of thioether (sulfide) groups is 1. The highest BCUT2D eigenvalue weighted by Crippen LogP contribution is 2.25. The lowest BCUT2D eigenvalue weighted by Crippen LogP contribution is -1.84. The van der Waals surface area contributed by atoms with Crippen molar-refractivity contribution < 1.29 is 0 Å². The third-order valence-corrected chi connectivity index (χ3v) is 4.27. The third-order valence-electron chi connectivity index (χ3n) is 1.34. The van der Waals surface area contributed by atoms with Crippen LogP contribution in [0.25, 0.3) is 0 Å². The first-order valence-electron chi connectivity index (χ1n) is 3.78. The number of hydrogen-bond donors (Lipinski definition) is 1. The van der Waals surface area contributed by atoms with E-state index in [-0.39, 0.29) is 0 Å². The van der Waals surface area contributed by atoms with Crippen LogP contribution in [-0.4, -0.2) is 26.6 Å². The molecule has 0 radical (unpaired) electrons. The number of hydrogen-bond acceptors (Lipinski definition) is 8. The van der Waals surface area contributed by atoms with Crippen LogP contribution in [0.1, 0.15) is 5.01 Å². The van der Waals surface area contributed by atoms with Crippen molar-refractivity contribution in [2.45, 2.75) is 10.1 Å². The monoisotopic (exact) mass is 245 g/mol. The van der Waals surface area contributed by atoms with Gasteiger partial charge in [-0.3, -0.25) is 0 Å². The molecule has 0 aliphatic carbocycles. The van der Waals surface area contributed by atoms with Gasteiger partial charge in [-0.05, 0) is 11.5 Å². The number of rotatable bonds is 4. The average molecular weight is 245 g/mol. The Morgan fingerprint density at radius 3 is 3.07 bits per heavy atom. The Balaban J connectivity index is 1.92. The molecule has 0 spiro atoms. The normalized spacial score (nSPS) is 10.4. The van der Waals surface area contributed by atoms with Crippen LogP contribution in [0.5, 0.6) is 0 Å². The fraction of sp³-hybridized carbons (Fsp3) is 0.333. The molecule has 0 aromatic carbocycles. The van der Waals surface area contributed by atoms with Gasteiger partial charge in [0, 0.05) is 7.05 Å². The standard InChI is InChI=1S/C6H7N5S3/c1-7-5-11-10-4(13-5)2-12-6-8-3-9-14-6/h3H,2H2,1H3,(H,7,11). The maximum atomic E-state index is 4.07. The smallest absolute Gasteiger partial charge is 0.205 e. The zero-order valence-corrected chi connectivity index (χ0v) is 9.75. The van der Waals surface area contributed by atoms with Crippen molar-refractivity contribution >= 4 is 39.8 Å². The van der Waals surface area contributed by atoms with Crippen LogP contribution in [0.3, 0.4) is 0 Å². The maximum Gasteiger partial charge on any atom is 0.205 e. The average Bonchev–Trinajstić information content (AvgIpc) is 2.86. The first-order chi connectivity index (χ1) is 6.88. The minimum Gasteiger partial charge on any atom is -0.363 e. The summed E-state index contributed by atoms with van der Waals surface area (Å²) in [6, 6.07) is 0. The molecule has 14 heavy (non-hydrogen) atoms. The summed E-state index contributed by atoms with van der Waals surface area (Å²) in [4.78, 5) is 4.07. The van der Waals surface area contributed by atoms with Crippen molar-refractivity contribution in [2.75, 3.05) is 12.4 Å². The zero-order valence-electron chi connectivity index (χ0n) is 7.30. The van der Waals surface area contributed by atoms with E-state index in [0.717, 1.165) is 20.2 Å².